The second kappa shape index (κ2) is 6.93. The Labute approximate surface area is 147 Å². The lowest BCUT2D eigenvalue weighted by Crippen LogP contribution is -2.43. The minimum absolute atomic E-state index is 0.224. The van der Waals surface area contributed by atoms with E-state index in [4.69, 9.17) is 0 Å². The fraction of sp³-hybridized carbons (Fsp3) is 0.474. The number of carbonyl (C=O) groups excluding carboxylic acids is 1. The third-order valence-corrected chi connectivity index (χ3v) is 6.09. The van der Waals surface area contributed by atoms with Crippen molar-refractivity contribution in [2.24, 2.45) is 5.92 Å². The molecular weight excluding hydrogens is 318 g/mol. The second-order valence-corrected chi connectivity index (χ2v) is 7.63. The largest absolute Gasteiger partial charge is 0.346 e. The zero-order valence-corrected chi connectivity index (χ0v) is 14.6. The van der Waals surface area contributed by atoms with Gasteiger partial charge < -0.3 is 9.80 Å². The summed E-state index contributed by atoms with van der Waals surface area (Å²) in [6, 6.07) is 10.6. The number of rotatable bonds is 3. The molecule has 1 amide bonds. The van der Waals surface area contributed by atoms with Crippen LogP contribution in [0.15, 0.2) is 41.9 Å². The highest BCUT2D eigenvalue weighted by molar-refractivity contribution is 7.13. The van der Waals surface area contributed by atoms with E-state index in [0.29, 0.717) is 11.8 Å². The fourth-order valence-electron chi connectivity index (χ4n) is 3.78. The molecule has 0 N–H and O–H groups in total. The first-order chi connectivity index (χ1) is 11.8. The lowest BCUT2D eigenvalue weighted by Gasteiger charge is -2.37. The predicted molar refractivity (Wildman–Crippen MR) is 97.4 cm³/mol. The van der Waals surface area contributed by atoms with Crippen LogP contribution in [0.5, 0.6) is 0 Å². The van der Waals surface area contributed by atoms with E-state index >= 15 is 0 Å². The molecule has 4 rings (SSSR count). The van der Waals surface area contributed by atoms with E-state index in [-0.39, 0.29) is 5.92 Å². The maximum absolute atomic E-state index is 12.8. The smallest absolute Gasteiger partial charge is 0.225 e. The standard InChI is InChI=1S/C19H23N3OS/c23-18(17-13-16(14-17)15-5-2-1-3-6-15)21-8-4-9-22(11-10-21)19-20-7-12-24-19/h1-3,5-7,12,16-17H,4,8-11,13-14H2. The highest BCUT2D eigenvalue weighted by atomic mass is 32.1. The van der Waals surface area contributed by atoms with E-state index in [9.17, 15) is 4.79 Å². The van der Waals surface area contributed by atoms with E-state index in [1.165, 1.54) is 5.56 Å². The Morgan fingerprint density at radius 2 is 1.92 bits per heavy atom. The molecule has 1 aromatic carbocycles. The van der Waals surface area contributed by atoms with Crippen LogP contribution in [0.2, 0.25) is 0 Å². The monoisotopic (exact) mass is 341 g/mol. The highest BCUT2D eigenvalue weighted by Crippen LogP contribution is 2.42. The molecule has 2 heterocycles. The average Bonchev–Trinajstić information content (AvgIpc) is 2.99. The van der Waals surface area contributed by atoms with Crippen LogP contribution in [-0.2, 0) is 4.79 Å². The van der Waals surface area contributed by atoms with Crippen molar-refractivity contribution in [1.82, 2.24) is 9.88 Å². The summed E-state index contributed by atoms with van der Waals surface area (Å²) in [6.07, 6.45) is 4.90. The molecule has 1 saturated heterocycles. The van der Waals surface area contributed by atoms with Gasteiger partial charge in [-0.15, -0.1) is 11.3 Å². The predicted octanol–water partition coefficient (Wildman–Crippen LogP) is 3.38. The number of benzene rings is 1. The van der Waals surface area contributed by atoms with Crippen molar-refractivity contribution >= 4 is 22.4 Å². The normalized spacial score (nSPS) is 24.3. The van der Waals surface area contributed by atoms with Gasteiger partial charge in [0.2, 0.25) is 5.91 Å². The van der Waals surface area contributed by atoms with Crippen LogP contribution < -0.4 is 4.90 Å². The number of hydrogen-bond donors (Lipinski definition) is 0. The van der Waals surface area contributed by atoms with Gasteiger partial charge in [-0.05, 0) is 30.7 Å². The summed E-state index contributed by atoms with van der Waals surface area (Å²) < 4.78 is 0. The van der Waals surface area contributed by atoms with Gasteiger partial charge in [0.25, 0.3) is 0 Å². The molecule has 1 saturated carbocycles. The summed E-state index contributed by atoms with van der Waals surface area (Å²) in [5, 5.41) is 3.10. The van der Waals surface area contributed by atoms with Crippen molar-refractivity contribution in [3.05, 3.63) is 47.5 Å². The first-order valence-electron chi connectivity index (χ1n) is 8.79. The van der Waals surface area contributed by atoms with Gasteiger partial charge in [-0.25, -0.2) is 4.98 Å². The van der Waals surface area contributed by atoms with Crippen LogP contribution in [-0.4, -0.2) is 42.0 Å². The summed E-state index contributed by atoms with van der Waals surface area (Å²) in [7, 11) is 0. The number of anilines is 1. The third-order valence-electron chi connectivity index (χ3n) is 5.26. The highest BCUT2D eigenvalue weighted by Gasteiger charge is 2.37. The SMILES string of the molecule is O=C(C1CC(c2ccccc2)C1)N1CCCN(c2nccs2)CC1. The first kappa shape index (κ1) is 15.6. The van der Waals surface area contributed by atoms with Crippen LogP contribution in [0.4, 0.5) is 5.13 Å². The molecule has 4 nitrogen and oxygen atoms in total. The van der Waals surface area contributed by atoms with Crippen molar-refractivity contribution in [2.45, 2.75) is 25.2 Å². The van der Waals surface area contributed by atoms with Gasteiger partial charge >= 0.3 is 0 Å². The molecule has 5 heteroatoms. The van der Waals surface area contributed by atoms with Gasteiger partial charge in [-0.2, -0.15) is 0 Å². The Kier molecular flexibility index (Phi) is 4.52. The van der Waals surface area contributed by atoms with E-state index in [0.717, 1.165) is 50.6 Å². The van der Waals surface area contributed by atoms with Crippen molar-refractivity contribution in [2.75, 3.05) is 31.1 Å². The van der Waals surface area contributed by atoms with Crippen molar-refractivity contribution in [3.63, 3.8) is 0 Å². The quantitative estimate of drug-likeness (QED) is 0.859. The molecule has 2 aromatic rings. The van der Waals surface area contributed by atoms with Gasteiger partial charge in [0.1, 0.15) is 0 Å². The zero-order chi connectivity index (χ0) is 16.4. The first-order valence-corrected chi connectivity index (χ1v) is 9.67. The molecular formula is C19H23N3OS. The Morgan fingerprint density at radius 3 is 2.67 bits per heavy atom. The Morgan fingerprint density at radius 1 is 1.08 bits per heavy atom. The van der Waals surface area contributed by atoms with Crippen LogP contribution in [0.1, 0.15) is 30.7 Å². The summed E-state index contributed by atoms with van der Waals surface area (Å²) in [4.78, 5) is 21.6. The van der Waals surface area contributed by atoms with Gasteiger partial charge in [-0.1, -0.05) is 30.3 Å². The summed E-state index contributed by atoms with van der Waals surface area (Å²) in [5.41, 5.74) is 1.38. The maximum atomic E-state index is 12.8. The molecule has 0 bridgehead atoms. The number of aromatic nitrogens is 1. The van der Waals surface area contributed by atoms with E-state index in [2.05, 4.69) is 45.1 Å². The Hall–Kier alpha value is -1.88. The van der Waals surface area contributed by atoms with E-state index in [1.807, 2.05) is 11.6 Å². The Bertz CT molecular complexity index is 667. The zero-order valence-electron chi connectivity index (χ0n) is 13.8. The molecule has 24 heavy (non-hydrogen) atoms. The van der Waals surface area contributed by atoms with E-state index < -0.39 is 0 Å². The summed E-state index contributed by atoms with van der Waals surface area (Å²) in [5.74, 6) is 1.16. The topological polar surface area (TPSA) is 36.4 Å². The minimum atomic E-state index is 0.224. The third kappa shape index (κ3) is 3.18. The molecule has 0 unspecified atom stereocenters. The van der Waals surface area contributed by atoms with Gasteiger partial charge in [0.15, 0.2) is 5.13 Å². The molecule has 0 atom stereocenters. The number of nitrogens with zero attached hydrogens (tertiary/aromatic N) is 3. The van der Waals surface area contributed by atoms with Crippen molar-refractivity contribution in [1.29, 1.82) is 0 Å². The summed E-state index contributed by atoms with van der Waals surface area (Å²) in [6.45, 7) is 3.60. The number of hydrogen-bond acceptors (Lipinski definition) is 4. The lowest BCUT2D eigenvalue weighted by molar-refractivity contribution is -0.138. The number of amides is 1. The van der Waals surface area contributed by atoms with Gasteiger partial charge in [0.05, 0.1) is 0 Å². The summed E-state index contributed by atoms with van der Waals surface area (Å²) >= 11 is 1.68. The molecule has 0 radical (unpaired) electrons. The second-order valence-electron chi connectivity index (χ2n) is 6.76. The van der Waals surface area contributed by atoms with Crippen molar-refractivity contribution in [3.8, 4) is 0 Å². The number of carbonyl (C=O) groups is 1. The van der Waals surface area contributed by atoms with Gasteiger partial charge in [-0.3, -0.25) is 4.79 Å². The van der Waals surface area contributed by atoms with Crippen LogP contribution in [0.25, 0.3) is 0 Å². The maximum Gasteiger partial charge on any atom is 0.225 e. The van der Waals surface area contributed by atoms with Crippen LogP contribution in [0, 0.1) is 5.92 Å². The number of thiazole rings is 1. The van der Waals surface area contributed by atoms with Gasteiger partial charge in [0, 0.05) is 43.7 Å². The molecule has 0 spiro atoms. The van der Waals surface area contributed by atoms with Crippen LogP contribution >= 0.6 is 11.3 Å². The molecule has 1 aromatic heterocycles. The molecule has 2 fully saturated rings. The fourth-order valence-corrected chi connectivity index (χ4v) is 4.47. The average molecular weight is 341 g/mol. The molecule has 1 aliphatic carbocycles. The van der Waals surface area contributed by atoms with E-state index in [1.54, 1.807) is 11.3 Å². The lowest BCUT2D eigenvalue weighted by atomic mass is 9.71. The minimum Gasteiger partial charge on any atom is -0.346 e. The molecule has 1 aliphatic heterocycles. The van der Waals surface area contributed by atoms with Crippen LogP contribution in [0.3, 0.4) is 0 Å². The Balaban J connectivity index is 1.31. The molecule has 126 valence electrons. The van der Waals surface area contributed by atoms with Crippen molar-refractivity contribution < 1.29 is 4.79 Å². The molecule has 2 aliphatic rings.